The largest absolute Gasteiger partial charge is 0.487 e. The molecule has 0 saturated carbocycles. The Bertz CT molecular complexity index is 736. The molecule has 1 fully saturated rings. The number of likely N-dealkylation sites (N-methyl/N-ethyl adjacent to an activating group) is 1. The Morgan fingerprint density at radius 2 is 2.00 bits per heavy atom. The van der Waals surface area contributed by atoms with E-state index in [0.29, 0.717) is 38.2 Å². The fourth-order valence-corrected chi connectivity index (χ4v) is 5.43. The van der Waals surface area contributed by atoms with Gasteiger partial charge in [0.2, 0.25) is 10.0 Å². The summed E-state index contributed by atoms with van der Waals surface area (Å²) in [6, 6.07) is 6.56. The lowest BCUT2D eigenvalue weighted by Crippen LogP contribution is -2.47. The molecule has 1 saturated heterocycles. The van der Waals surface area contributed by atoms with Crippen molar-refractivity contribution in [3.63, 3.8) is 0 Å². The fraction of sp³-hybridized carbons (Fsp3) is 0.588. The van der Waals surface area contributed by atoms with Crippen molar-refractivity contribution in [2.45, 2.75) is 36.8 Å². The zero-order chi connectivity index (χ0) is 18.0. The molecular formula is C17H24N2O5S. The first-order valence-electron chi connectivity index (χ1n) is 8.54. The Kier molecular flexibility index (Phi) is 5.31. The highest BCUT2D eigenvalue weighted by molar-refractivity contribution is 7.89. The molecule has 2 aliphatic rings. The summed E-state index contributed by atoms with van der Waals surface area (Å²) >= 11 is 0. The number of ether oxygens (including phenoxy) is 2. The SMILES string of the molecule is CCN1[C@@H]2CCN(CC(=O)OC)CC[C@H]2Oc2ccccc2S1(=O)=O. The van der Waals surface area contributed by atoms with Crippen LogP contribution in [0.1, 0.15) is 19.8 Å². The van der Waals surface area contributed by atoms with Crippen LogP contribution in [-0.2, 0) is 19.6 Å². The molecule has 0 radical (unpaired) electrons. The van der Waals surface area contributed by atoms with Crippen molar-refractivity contribution < 1.29 is 22.7 Å². The summed E-state index contributed by atoms with van der Waals surface area (Å²) in [5, 5.41) is 0. The molecule has 2 atom stereocenters. The first-order valence-corrected chi connectivity index (χ1v) is 9.98. The predicted octanol–water partition coefficient (Wildman–Crippen LogP) is 1.10. The number of likely N-dealkylation sites (tertiary alicyclic amines) is 1. The molecule has 0 N–H and O–H groups in total. The lowest BCUT2D eigenvalue weighted by Gasteiger charge is -2.30. The number of sulfonamides is 1. The van der Waals surface area contributed by atoms with E-state index in [9.17, 15) is 13.2 Å². The summed E-state index contributed by atoms with van der Waals surface area (Å²) in [5.74, 6) is 0.128. The van der Waals surface area contributed by atoms with Gasteiger partial charge in [-0.3, -0.25) is 9.69 Å². The number of carbonyl (C=O) groups excluding carboxylic acids is 1. The number of methoxy groups -OCH3 is 1. The zero-order valence-electron chi connectivity index (χ0n) is 14.6. The number of benzene rings is 1. The summed E-state index contributed by atoms with van der Waals surface area (Å²) < 4.78 is 38.6. The van der Waals surface area contributed by atoms with Gasteiger partial charge < -0.3 is 9.47 Å². The molecule has 0 aromatic heterocycles. The second-order valence-electron chi connectivity index (χ2n) is 6.31. The molecule has 2 heterocycles. The van der Waals surface area contributed by atoms with Gasteiger partial charge in [0.05, 0.1) is 19.7 Å². The molecule has 25 heavy (non-hydrogen) atoms. The highest BCUT2D eigenvalue weighted by atomic mass is 32.2. The predicted molar refractivity (Wildman–Crippen MR) is 91.9 cm³/mol. The number of para-hydroxylation sites is 1. The van der Waals surface area contributed by atoms with Crippen LogP contribution in [0.4, 0.5) is 0 Å². The summed E-state index contributed by atoms with van der Waals surface area (Å²) in [6.45, 7) is 3.74. The number of carbonyl (C=O) groups is 1. The number of rotatable bonds is 3. The molecular weight excluding hydrogens is 344 g/mol. The van der Waals surface area contributed by atoms with Crippen LogP contribution >= 0.6 is 0 Å². The van der Waals surface area contributed by atoms with E-state index in [1.165, 1.54) is 7.11 Å². The molecule has 7 nitrogen and oxygen atoms in total. The maximum Gasteiger partial charge on any atom is 0.319 e. The Labute approximate surface area is 148 Å². The van der Waals surface area contributed by atoms with E-state index in [1.54, 1.807) is 28.6 Å². The Hall–Kier alpha value is -1.64. The van der Waals surface area contributed by atoms with Crippen molar-refractivity contribution in [2.24, 2.45) is 0 Å². The highest BCUT2D eigenvalue weighted by Gasteiger charge is 2.42. The van der Waals surface area contributed by atoms with Crippen molar-refractivity contribution in [3.8, 4) is 5.75 Å². The number of esters is 1. The minimum Gasteiger partial charge on any atom is -0.487 e. The number of fused-ring (bicyclic) bond motifs is 2. The molecule has 1 aromatic rings. The third kappa shape index (κ3) is 3.51. The summed E-state index contributed by atoms with van der Waals surface area (Å²) in [7, 11) is -2.23. The third-order valence-electron chi connectivity index (χ3n) is 4.88. The average molecular weight is 368 g/mol. The highest BCUT2D eigenvalue weighted by Crippen LogP contribution is 2.36. The van der Waals surface area contributed by atoms with Crippen LogP contribution in [0.3, 0.4) is 0 Å². The lowest BCUT2D eigenvalue weighted by atomic mass is 10.1. The van der Waals surface area contributed by atoms with Crippen LogP contribution in [-0.4, -0.2) is 69.0 Å². The monoisotopic (exact) mass is 368 g/mol. The van der Waals surface area contributed by atoms with Crippen LogP contribution < -0.4 is 4.74 Å². The van der Waals surface area contributed by atoms with Crippen molar-refractivity contribution in [1.29, 1.82) is 0 Å². The third-order valence-corrected chi connectivity index (χ3v) is 6.92. The van der Waals surface area contributed by atoms with Crippen LogP contribution in [0.25, 0.3) is 0 Å². The van der Waals surface area contributed by atoms with Gasteiger partial charge in [0, 0.05) is 19.6 Å². The van der Waals surface area contributed by atoms with Crippen LogP contribution in [0.2, 0.25) is 0 Å². The van der Waals surface area contributed by atoms with Gasteiger partial charge in [-0.15, -0.1) is 0 Å². The molecule has 1 aromatic carbocycles. The smallest absolute Gasteiger partial charge is 0.319 e. The standard InChI is InChI=1S/C17H24N2O5S/c1-3-19-13-8-10-18(12-17(20)23-2)11-9-14(13)24-15-6-4-5-7-16(15)25(19,21)22/h4-7,13-14H,3,8-12H2,1-2H3/t13-,14-/m1/s1. The minimum atomic E-state index is -3.60. The number of nitrogens with zero attached hydrogens (tertiary/aromatic N) is 2. The van der Waals surface area contributed by atoms with Gasteiger partial charge in [0.15, 0.2) is 0 Å². The van der Waals surface area contributed by atoms with Gasteiger partial charge in [-0.25, -0.2) is 8.42 Å². The van der Waals surface area contributed by atoms with E-state index < -0.39 is 10.0 Å². The molecule has 0 spiro atoms. The quantitative estimate of drug-likeness (QED) is 0.744. The minimum absolute atomic E-state index is 0.214. The molecule has 0 aliphatic carbocycles. The maximum absolute atomic E-state index is 13.1. The first-order chi connectivity index (χ1) is 12.0. The average Bonchev–Trinajstić information content (AvgIpc) is 2.83. The Morgan fingerprint density at radius 1 is 1.28 bits per heavy atom. The van der Waals surface area contributed by atoms with E-state index in [0.717, 1.165) is 0 Å². The summed E-state index contributed by atoms with van der Waals surface area (Å²) in [6.07, 6.45) is 1.03. The maximum atomic E-state index is 13.1. The van der Waals surface area contributed by atoms with E-state index in [4.69, 9.17) is 9.47 Å². The van der Waals surface area contributed by atoms with E-state index in [-0.39, 0.29) is 29.6 Å². The van der Waals surface area contributed by atoms with Gasteiger partial charge in [0.1, 0.15) is 16.7 Å². The fourth-order valence-electron chi connectivity index (χ4n) is 3.62. The second-order valence-corrected chi connectivity index (χ2v) is 8.17. The van der Waals surface area contributed by atoms with Gasteiger partial charge in [-0.1, -0.05) is 19.1 Å². The van der Waals surface area contributed by atoms with Crippen molar-refractivity contribution in [3.05, 3.63) is 24.3 Å². The second kappa shape index (κ2) is 7.31. The van der Waals surface area contributed by atoms with Gasteiger partial charge in [-0.2, -0.15) is 4.31 Å². The van der Waals surface area contributed by atoms with Crippen molar-refractivity contribution in [1.82, 2.24) is 9.21 Å². The summed E-state index contributed by atoms with van der Waals surface area (Å²) in [4.78, 5) is 13.8. The van der Waals surface area contributed by atoms with Crippen molar-refractivity contribution in [2.75, 3.05) is 33.3 Å². The molecule has 3 rings (SSSR count). The van der Waals surface area contributed by atoms with Crippen LogP contribution in [0.5, 0.6) is 5.75 Å². The normalized spacial score (nSPS) is 26.5. The van der Waals surface area contributed by atoms with Gasteiger partial charge in [-0.05, 0) is 25.0 Å². The lowest BCUT2D eigenvalue weighted by molar-refractivity contribution is -0.141. The van der Waals surface area contributed by atoms with Gasteiger partial charge >= 0.3 is 5.97 Å². The molecule has 0 amide bonds. The molecule has 8 heteroatoms. The first kappa shape index (κ1) is 18.2. The van der Waals surface area contributed by atoms with E-state index in [1.807, 2.05) is 11.8 Å². The van der Waals surface area contributed by atoms with Crippen LogP contribution in [0.15, 0.2) is 29.2 Å². The molecule has 138 valence electrons. The Balaban J connectivity index is 1.91. The number of hydrogen-bond acceptors (Lipinski definition) is 6. The van der Waals surface area contributed by atoms with E-state index in [2.05, 4.69) is 0 Å². The summed E-state index contributed by atoms with van der Waals surface area (Å²) in [5.41, 5.74) is 0. The van der Waals surface area contributed by atoms with Gasteiger partial charge in [0.25, 0.3) is 0 Å². The number of hydrogen-bond donors (Lipinski definition) is 0. The van der Waals surface area contributed by atoms with Crippen LogP contribution in [0, 0.1) is 0 Å². The molecule has 2 aliphatic heterocycles. The Morgan fingerprint density at radius 3 is 2.72 bits per heavy atom. The molecule has 0 unspecified atom stereocenters. The van der Waals surface area contributed by atoms with Crippen molar-refractivity contribution >= 4 is 16.0 Å². The van der Waals surface area contributed by atoms with E-state index >= 15 is 0 Å². The molecule has 0 bridgehead atoms. The zero-order valence-corrected chi connectivity index (χ0v) is 15.4. The topological polar surface area (TPSA) is 76.2 Å².